The van der Waals surface area contributed by atoms with E-state index in [0.717, 1.165) is 17.7 Å². The third kappa shape index (κ3) is 7.78. The van der Waals surface area contributed by atoms with Crippen LogP contribution >= 0.6 is 0 Å². The number of nitrogens with one attached hydrogen (secondary N) is 2. The first-order valence-corrected chi connectivity index (χ1v) is 10.1. The molecule has 0 aliphatic rings. The molecular formula is C23H33N3O4. The predicted octanol–water partition coefficient (Wildman–Crippen LogP) is 3.37. The van der Waals surface area contributed by atoms with Crippen molar-refractivity contribution in [2.75, 3.05) is 0 Å². The van der Waals surface area contributed by atoms with Gasteiger partial charge in [0.2, 0.25) is 5.91 Å². The highest BCUT2D eigenvalue weighted by molar-refractivity contribution is 5.93. The predicted molar refractivity (Wildman–Crippen MR) is 116 cm³/mol. The Labute approximate surface area is 179 Å². The lowest BCUT2D eigenvalue weighted by atomic mass is 10.0. The Hall–Kier alpha value is -3.01. The molecule has 1 aromatic rings. The summed E-state index contributed by atoms with van der Waals surface area (Å²) >= 11 is 0. The number of hydrogen-bond acceptors (Lipinski definition) is 4. The topological polar surface area (TPSA) is 87.7 Å². The van der Waals surface area contributed by atoms with Gasteiger partial charge in [-0.05, 0) is 46.6 Å². The molecule has 1 aromatic carbocycles. The normalized spacial score (nSPS) is 13.9. The smallest absolute Gasteiger partial charge is 0.408 e. The molecule has 0 spiro atoms. The molecule has 0 aliphatic carbocycles. The van der Waals surface area contributed by atoms with Gasteiger partial charge in [0.1, 0.15) is 17.7 Å². The van der Waals surface area contributed by atoms with Gasteiger partial charge in [0, 0.05) is 12.1 Å². The minimum atomic E-state index is -1.02. The summed E-state index contributed by atoms with van der Waals surface area (Å²) in [6.45, 7) is 10.6. The summed E-state index contributed by atoms with van der Waals surface area (Å²) in [6, 6.07) is 9.07. The van der Waals surface area contributed by atoms with Crippen LogP contribution in [-0.2, 0) is 14.3 Å². The van der Waals surface area contributed by atoms with Gasteiger partial charge in [-0.1, -0.05) is 50.1 Å². The first-order valence-electron chi connectivity index (χ1n) is 10.1. The van der Waals surface area contributed by atoms with E-state index in [9.17, 15) is 14.4 Å². The Bertz CT molecular complexity index is 765. The van der Waals surface area contributed by atoms with Crippen LogP contribution < -0.4 is 10.6 Å². The molecular weight excluding hydrogens is 382 g/mol. The number of nitrogens with zero attached hydrogens (tertiary/aromatic N) is 1. The average molecular weight is 416 g/mol. The SMILES string of the molecule is C#CN(C(=O)C(C)NC(=O)OC(C)(C)C)C(C(=O)NC(C)CCC)c1ccccc1. The van der Waals surface area contributed by atoms with E-state index < -0.39 is 29.7 Å². The Morgan fingerprint density at radius 3 is 2.23 bits per heavy atom. The quantitative estimate of drug-likeness (QED) is 0.503. The van der Waals surface area contributed by atoms with Crippen LogP contribution in [0.15, 0.2) is 30.3 Å². The lowest BCUT2D eigenvalue weighted by molar-refractivity contribution is -0.138. The molecule has 30 heavy (non-hydrogen) atoms. The second-order valence-corrected chi connectivity index (χ2v) is 8.22. The summed E-state index contributed by atoms with van der Waals surface area (Å²) in [7, 11) is 0. The third-order valence-electron chi connectivity index (χ3n) is 4.21. The summed E-state index contributed by atoms with van der Waals surface area (Å²) < 4.78 is 5.19. The van der Waals surface area contributed by atoms with E-state index in [-0.39, 0.29) is 11.9 Å². The molecule has 0 bridgehead atoms. The van der Waals surface area contributed by atoms with Crippen molar-refractivity contribution in [2.45, 2.75) is 78.1 Å². The fourth-order valence-electron chi connectivity index (χ4n) is 2.90. The second kappa shape index (κ2) is 11.2. The van der Waals surface area contributed by atoms with Gasteiger partial charge in [-0.25, -0.2) is 4.79 Å². The molecule has 164 valence electrons. The number of carbonyl (C=O) groups excluding carboxylic acids is 3. The molecule has 1 rings (SSSR count). The minimum Gasteiger partial charge on any atom is -0.444 e. The van der Waals surface area contributed by atoms with Crippen molar-refractivity contribution in [2.24, 2.45) is 0 Å². The molecule has 3 amide bonds. The highest BCUT2D eigenvalue weighted by Gasteiger charge is 2.34. The average Bonchev–Trinajstić information content (AvgIpc) is 2.64. The van der Waals surface area contributed by atoms with Gasteiger partial charge >= 0.3 is 6.09 Å². The van der Waals surface area contributed by atoms with Crippen LogP contribution in [-0.4, -0.2) is 40.5 Å². The van der Waals surface area contributed by atoms with E-state index in [1.54, 1.807) is 45.0 Å². The fraction of sp³-hybridized carbons (Fsp3) is 0.522. The van der Waals surface area contributed by atoms with Crippen molar-refractivity contribution < 1.29 is 19.1 Å². The van der Waals surface area contributed by atoms with Gasteiger partial charge < -0.3 is 15.4 Å². The highest BCUT2D eigenvalue weighted by Crippen LogP contribution is 2.22. The Kier molecular flexibility index (Phi) is 9.38. The van der Waals surface area contributed by atoms with Crippen molar-refractivity contribution in [1.82, 2.24) is 15.5 Å². The number of rotatable bonds is 8. The number of hydrogen-bond donors (Lipinski definition) is 2. The molecule has 3 unspecified atom stereocenters. The first kappa shape index (κ1) is 25.0. The van der Waals surface area contributed by atoms with Gasteiger partial charge in [0.25, 0.3) is 5.91 Å². The van der Waals surface area contributed by atoms with Gasteiger partial charge in [0.05, 0.1) is 0 Å². The van der Waals surface area contributed by atoms with Crippen LogP contribution in [0.2, 0.25) is 0 Å². The number of ether oxygens (including phenoxy) is 1. The summed E-state index contributed by atoms with van der Waals surface area (Å²) in [5, 5.41) is 5.40. The standard InChI is InChI=1S/C23H33N3O4/c1-8-13-16(3)24-20(27)19(18-14-11-10-12-15-18)26(9-2)21(28)17(4)25-22(29)30-23(5,6)7/h2,10-12,14-17,19H,8,13H2,1,3-7H3,(H,24,27)(H,25,29). The summed E-state index contributed by atoms with van der Waals surface area (Å²) in [5.41, 5.74) is -0.130. The number of alkyl carbamates (subject to hydrolysis) is 1. The molecule has 0 aromatic heterocycles. The summed E-state index contributed by atoms with van der Waals surface area (Å²) in [5.74, 6) is -0.964. The van der Waals surface area contributed by atoms with Gasteiger partial charge in [0.15, 0.2) is 0 Å². The van der Waals surface area contributed by atoms with Crippen LogP contribution in [0.4, 0.5) is 4.79 Å². The number of carbonyl (C=O) groups is 3. The van der Waals surface area contributed by atoms with Crippen LogP contribution in [0.5, 0.6) is 0 Å². The van der Waals surface area contributed by atoms with Crippen LogP contribution in [0.25, 0.3) is 0 Å². The van der Waals surface area contributed by atoms with Crippen molar-refractivity contribution >= 4 is 17.9 Å². The van der Waals surface area contributed by atoms with E-state index in [0.29, 0.717) is 5.56 Å². The number of amides is 3. The number of benzene rings is 1. The molecule has 7 nitrogen and oxygen atoms in total. The third-order valence-corrected chi connectivity index (χ3v) is 4.21. The van der Waals surface area contributed by atoms with Crippen molar-refractivity contribution in [1.29, 1.82) is 0 Å². The van der Waals surface area contributed by atoms with Crippen LogP contribution in [0.1, 0.15) is 66.0 Å². The Balaban J connectivity index is 3.10. The maximum atomic E-state index is 13.1. The van der Waals surface area contributed by atoms with E-state index in [1.165, 1.54) is 6.92 Å². The monoisotopic (exact) mass is 415 g/mol. The zero-order chi connectivity index (χ0) is 22.9. The molecule has 0 saturated heterocycles. The fourth-order valence-corrected chi connectivity index (χ4v) is 2.90. The molecule has 0 radical (unpaired) electrons. The molecule has 0 saturated carbocycles. The first-order chi connectivity index (χ1) is 14.0. The van der Waals surface area contributed by atoms with E-state index in [4.69, 9.17) is 11.2 Å². The summed E-state index contributed by atoms with van der Waals surface area (Å²) in [6.07, 6.45) is 6.61. The lowest BCUT2D eigenvalue weighted by Crippen LogP contribution is -2.51. The molecule has 7 heteroatoms. The second-order valence-electron chi connectivity index (χ2n) is 8.22. The maximum absolute atomic E-state index is 13.1. The maximum Gasteiger partial charge on any atom is 0.408 e. The molecule has 0 aliphatic heterocycles. The van der Waals surface area contributed by atoms with E-state index in [2.05, 4.69) is 16.7 Å². The van der Waals surface area contributed by atoms with Gasteiger partial charge in [-0.3, -0.25) is 14.5 Å². The zero-order valence-corrected chi connectivity index (χ0v) is 18.7. The van der Waals surface area contributed by atoms with Gasteiger partial charge in [-0.2, -0.15) is 0 Å². The molecule has 2 N–H and O–H groups in total. The molecule has 3 atom stereocenters. The largest absolute Gasteiger partial charge is 0.444 e. The van der Waals surface area contributed by atoms with Crippen LogP contribution in [0, 0.1) is 12.5 Å². The van der Waals surface area contributed by atoms with Crippen molar-refractivity contribution in [3.63, 3.8) is 0 Å². The molecule has 0 fully saturated rings. The minimum absolute atomic E-state index is 0.0687. The summed E-state index contributed by atoms with van der Waals surface area (Å²) in [4.78, 5) is 39.2. The Morgan fingerprint density at radius 2 is 1.73 bits per heavy atom. The van der Waals surface area contributed by atoms with Crippen molar-refractivity contribution in [3.8, 4) is 12.5 Å². The number of terminal acetylenes is 1. The molecule has 0 heterocycles. The lowest BCUT2D eigenvalue weighted by Gasteiger charge is -2.30. The van der Waals surface area contributed by atoms with Crippen LogP contribution in [0.3, 0.4) is 0 Å². The zero-order valence-electron chi connectivity index (χ0n) is 18.7. The Morgan fingerprint density at radius 1 is 1.13 bits per heavy atom. The van der Waals surface area contributed by atoms with E-state index >= 15 is 0 Å². The van der Waals surface area contributed by atoms with E-state index in [1.807, 2.05) is 19.9 Å². The highest BCUT2D eigenvalue weighted by atomic mass is 16.6. The van der Waals surface area contributed by atoms with Crippen molar-refractivity contribution in [3.05, 3.63) is 35.9 Å². The van der Waals surface area contributed by atoms with Gasteiger partial charge in [-0.15, -0.1) is 0 Å².